The van der Waals surface area contributed by atoms with Gasteiger partial charge < -0.3 is 0 Å². The highest BCUT2D eigenvalue weighted by atomic mass is 14.4. The molecule has 198 valence electrons. The van der Waals surface area contributed by atoms with E-state index in [1.807, 2.05) is 0 Å². The molecule has 0 heteroatoms. The molecule has 0 radical (unpaired) electrons. The molecule has 0 aliphatic heterocycles. The lowest BCUT2D eigenvalue weighted by Crippen LogP contribution is -2.16. The molecule has 5 aromatic rings. The molecule has 0 unspecified atom stereocenters. The van der Waals surface area contributed by atoms with Crippen LogP contribution in [0.1, 0.15) is 65.8 Å². The first-order chi connectivity index (χ1) is 18.9. The Bertz CT molecular complexity index is 1850. The lowest BCUT2D eigenvalue weighted by Gasteiger charge is -2.30. The molecule has 0 aromatic heterocycles. The predicted octanol–water partition coefficient (Wildman–Crippen LogP) is 10.4. The minimum atomic E-state index is 0. The maximum absolute atomic E-state index is 2.43. The van der Waals surface area contributed by atoms with E-state index in [1.165, 1.54) is 89.0 Å². The zero-order valence-corrected chi connectivity index (χ0v) is 23.4. The van der Waals surface area contributed by atoms with Crippen molar-refractivity contribution in [3.8, 4) is 44.5 Å². The van der Waals surface area contributed by atoms with Crippen LogP contribution in [-0.4, -0.2) is 0 Å². The van der Waals surface area contributed by atoms with Crippen LogP contribution in [0.15, 0.2) is 84.9 Å². The third-order valence-electron chi connectivity index (χ3n) is 9.97. The summed E-state index contributed by atoms with van der Waals surface area (Å²) in [5.41, 5.74) is 23.4. The van der Waals surface area contributed by atoms with Gasteiger partial charge in [-0.15, -0.1) is 0 Å². The summed E-state index contributed by atoms with van der Waals surface area (Å²) in [7, 11) is 0. The van der Waals surface area contributed by atoms with Crippen LogP contribution < -0.4 is 0 Å². The fourth-order valence-electron chi connectivity index (χ4n) is 8.06. The highest BCUT2D eigenvalue weighted by molar-refractivity contribution is 5.99. The molecule has 0 atom stereocenters. The molecular weight excluding hydrogens is 480 g/mol. The zero-order chi connectivity index (χ0) is 26.5. The third-order valence-corrected chi connectivity index (χ3v) is 9.97. The highest BCUT2D eigenvalue weighted by Crippen LogP contribution is 2.55. The molecular formula is C40H38. The van der Waals surface area contributed by atoms with E-state index in [2.05, 4.69) is 113 Å². The summed E-state index contributed by atoms with van der Waals surface area (Å²) in [6.45, 7) is 9.43. The first-order valence-corrected chi connectivity index (χ1v) is 14.6. The summed E-state index contributed by atoms with van der Waals surface area (Å²) in [6, 6.07) is 32.6. The highest BCUT2D eigenvalue weighted by Gasteiger charge is 2.38. The quantitative estimate of drug-likeness (QED) is 0.207. The normalized spacial score (nSPS) is 15.1. The molecule has 0 nitrogen and oxygen atoms in total. The van der Waals surface area contributed by atoms with Crippen LogP contribution in [0.2, 0.25) is 0 Å². The van der Waals surface area contributed by atoms with Crippen LogP contribution in [0.5, 0.6) is 0 Å². The van der Waals surface area contributed by atoms with E-state index in [0.717, 1.165) is 25.7 Å². The summed E-state index contributed by atoms with van der Waals surface area (Å²) >= 11 is 0. The second-order valence-electron chi connectivity index (χ2n) is 12.4. The first kappa shape index (κ1) is 25.1. The largest absolute Gasteiger partial charge is 0.0776 e. The third kappa shape index (κ3) is 3.26. The van der Waals surface area contributed by atoms with Crippen molar-refractivity contribution in [3.05, 3.63) is 129 Å². The topological polar surface area (TPSA) is 0 Å². The van der Waals surface area contributed by atoms with Gasteiger partial charge in [0.1, 0.15) is 0 Å². The maximum atomic E-state index is 2.43. The first-order valence-electron chi connectivity index (χ1n) is 14.6. The summed E-state index contributed by atoms with van der Waals surface area (Å²) < 4.78 is 0. The van der Waals surface area contributed by atoms with Gasteiger partial charge in [0.25, 0.3) is 0 Å². The Kier molecular flexibility index (Phi) is 5.52. The summed E-state index contributed by atoms with van der Waals surface area (Å²) in [5, 5.41) is 0. The molecule has 0 N–H and O–H groups in total. The molecule has 3 aliphatic carbocycles. The molecule has 40 heavy (non-hydrogen) atoms. The van der Waals surface area contributed by atoms with Crippen molar-refractivity contribution in [2.45, 2.75) is 66.2 Å². The van der Waals surface area contributed by atoms with E-state index in [9.17, 15) is 0 Å². The van der Waals surface area contributed by atoms with Gasteiger partial charge in [0.05, 0.1) is 0 Å². The van der Waals surface area contributed by atoms with Crippen molar-refractivity contribution in [1.29, 1.82) is 0 Å². The molecule has 0 spiro atoms. The van der Waals surface area contributed by atoms with Gasteiger partial charge >= 0.3 is 0 Å². The van der Waals surface area contributed by atoms with Gasteiger partial charge in [-0.25, -0.2) is 0 Å². The Morgan fingerprint density at radius 2 is 1.05 bits per heavy atom. The Labute approximate surface area is 239 Å². The zero-order valence-electron chi connectivity index (χ0n) is 23.4. The average Bonchev–Trinajstić information content (AvgIpc) is 3.19. The molecule has 0 heterocycles. The number of aryl methyl sites for hydroxylation is 5. The van der Waals surface area contributed by atoms with Gasteiger partial charge in [-0.05, 0) is 129 Å². The van der Waals surface area contributed by atoms with Crippen molar-refractivity contribution >= 4 is 0 Å². The van der Waals surface area contributed by atoms with Crippen LogP contribution in [0, 0.1) is 13.8 Å². The van der Waals surface area contributed by atoms with Crippen molar-refractivity contribution < 1.29 is 0 Å². The van der Waals surface area contributed by atoms with Crippen molar-refractivity contribution in [3.63, 3.8) is 0 Å². The maximum Gasteiger partial charge on any atom is 0.0159 e. The Balaban J connectivity index is 0.00000264. The fraction of sp³-hybridized carbons (Fsp3) is 0.250. The van der Waals surface area contributed by atoms with E-state index in [4.69, 9.17) is 0 Å². The average molecular weight is 519 g/mol. The van der Waals surface area contributed by atoms with Gasteiger partial charge in [0.15, 0.2) is 0 Å². The van der Waals surface area contributed by atoms with Crippen LogP contribution in [-0.2, 0) is 31.1 Å². The van der Waals surface area contributed by atoms with Crippen molar-refractivity contribution in [2.24, 2.45) is 0 Å². The van der Waals surface area contributed by atoms with Crippen molar-refractivity contribution in [1.82, 2.24) is 0 Å². The number of benzene rings is 5. The predicted molar refractivity (Wildman–Crippen MR) is 171 cm³/mol. The van der Waals surface area contributed by atoms with Crippen molar-refractivity contribution in [2.75, 3.05) is 0 Å². The van der Waals surface area contributed by atoms with E-state index < -0.39 is 0 Å². The summed E-state index contributed by atoms with van der Waals surface area (Å²) in [6.07, 6.45) is 4.44. The fourth-order valence-corrected chi connectivity index (χ4v) is 8.06. The standard InChI is InChI=1S/C39H34.CH4/c1-23-14-20-30-29(34(23)35-24(2)13-15-26-17-16-25-9-5-6-10-28(25)36(26)35)21-18-27-19-22-33-38(37(27)30)31-11-7-8-12-32(31)39(33,3)4;/h5-15,19-20,22H,16-18,21H2,1-4H3;1H4. The van der Waals surface area contributed by atoms with Gasteiger partial charge in [-0.3, -0.25) is 0 Å². The molecule has 3 aliphatic rings. The van der Waals surface area contributed by atoms with Gasteiger partial charge in [0.2, 0.25) is 0 Å². The number of fused-ring (bicyclic) bond motifs is 10. The molecule has 8 rings (SSSR count). The second kappa shape index (κ2) is 8.80. The molecule has 0 amide bonds. The lowest BCUT2D eigenvalue weighted by atomic mass is 9.73. The monoisotopic (exact) mass is 518 g/mol. The van der Waals surface area contributed by atoms with Crippen LogP contribution >= 0.6 is 0 Å². The summed E-state index contributed by atoms with van der Waals surface area (Å²) in [4.78, 5) is 0. The molecule has 0 saturated heterocycles. The molecule has 5 aromatic carbocycles. The van der Waals surface area contributed by atoms with E-state index in [0.29, 0.717) is 0 Å². The van der Waals surface area contributed by atoms with Crippen LogP contribution in [0.25, 0.3) is 44.5 Å². The molecule has 0 fully saturated rings. The van der Waals surface area contributed by atoms with Crippen LogP contribution in [0.4, 0.5) is 0 Å². The number of hydrogen-bond donors (Lipinski definition) is 0. The number of hydrogen-bond acceptors (Lipinski definition) is 0. The Hall–Kier alpha value is -3.90. The SMILES string of the molecule is C.Cc1ccc2c(c1-c1c(C)ccc3c1-c1ccccc1CC3)CCc1ccc3c(c1-2)-c1ccccc1C3(C)C. The number of rotatable bonds is 1. The van der Waals surface area contributed by atoms with E-state index in [1.54, 1.807) is 0 Å². The second-order valence-corrected chi connectivity index (χ2v) is 12.4. The lowest BCUT2D eigenvalue weighted by molar-refractivity contribution is 0.660. The summed E-state index contributed by atoms with van der Waals surface area (Å²) in [5.74, 6) is 0. The Morgan fingerprint density at radius 3 is 1.88 bits per heavy atom. The van der Waals surface area contributed by atoms with Gasteiger partial charge in [0, 0.05) is 5.41 Å². The van der Waals surface area contributed by atoms with E-state index >= 15 is 0 Å². The minimum Gasteiger partial charge on any atom is -0.0776 e. The van der Waals surface area contributed by atoms with Crippen LogP contribution in [0.3, 0.4) is 0 Å². The minimum absolute atomic E-state index is 0. The molecule has 0 saturated carbocycles. The molecule has 0 bridgehead atoms. The van der Waals surface area contributed by atoms with Gasteiger partial charge in [-0.1, -0.05) is 106 Å². The van der Waals surface area contributed by atoms with E-state index in [-0.39, 0.29) is 12.8 Å². The Morgan fingerprint density at radius 1 is 0.450 bits per heavy atom. The smallest absolute Gasteiger partial charge is 0.0159 e. The van der Waals surface area contributed by atoms with Gasteiger partial charge in [-0.2, -0.15) is 0 Å².